The highest BCUT2D eigenvalue weighted by atomic mass is 16.3. The average Bonchev–Trinajstić information content (AvgIpc) is 1.60. The van der Waals surface area contributed by atoms with Crippen molar-refractivity contribution >= 4 is 154 Å². The minimum Gasteiger partial charge on any atom is -0.454 e. The molecule has 6 heteroatoms. The summed E-state index contributed by atoms with van der Waals surface area (Å²) in [5, 5.41) is 14.2. The molecule has 0 aliphatic heterocycles. The summed E-state index contributed by atoms with van der Waals surface area (Å²) in [6.45, 7) is 4.43. The van der Waals surface area contributed by atoms with Gasteiger partial charge in [-0.05, 0) is 120 Å². The third-order valence-corrected chi connectivity index (χ3v) is 18.6. The van der Waals surface area contributed by atoms with Crippen LogP contribution < -0.4 is 9.80 Å². The number of fused-ring (bicyclic) bond motifs is 18. The van der Waals surface area contributed by atoms with Crippen LogP contribution in [0.15, 0.2) is 276 Å². The number of benzene rings is 13. The van der Waals surface area contributed by atoms with Crippen LogP contribution in [0.25, 0.3) is 142 Å². The molecule has 0 aliphatic carbocycles. The van der Waals surface area contributed by atoms with Crippen molar-refractivity contribution in [2.24, 2.45) is 0 Å². The Labute approximate surface area is 493 Å². The van der Waals surface area contributed by atoms with Crippen LogP contribution >= 0.6 is 0 Å². The molecule has 0 atom stereocenters. The van der Waals surface area contributed by atoms with E-state index >= 15 is 0 Å². The number of hydrogen-bond acceptors (Lipinski definition) is 4. The summed E-state index contributed by atoms with van der Waals surface area (Å²) < 4.78 is 18.8. The van der Waals surface area contributed by atoms with E-state index in [0.29, 0.717) is 0 Å². The summed E-state index contributed by atoms with van der Waals surface area (Å²) >= 11 is 0. The Balaban J connectivity index is 0.846. The minimum absolute atomic E-state index is 0.854. The van der Waals surface area contributed by atoms with Gasteiger partial charge in [-0.1, -0.05) is 194 Å². The maximum absolute atomic E-state index is 6.86. The number of nitrogens with zero attached hydrogens (tertiary/aromatic N) is 4. The number of anilines is 6. The predicted molar refractivity (Wildman–Crippen MR) is 360 cm³/mol. The first kappa shape index (κ1) is 47.2. The van der Waals surface area contributed by atoms with Crippen molar-refractivity contribution in [3.05, 3.63) is 278 Å². The second kappa shape index (κ2) is 17.6. The lowest BCUT2D eigenvalue weighted by molar-refractivity contribution is 0.668. The molecule has 6 heterocycles. The van der Waals surface area contributed by atoms with E-state index in [-0.39, 0.29) is 0 Å². The van der Waals surface area contributed by atoms with Crippen LogP contribution in [0.2, 0.25) is 0 Å². The lowest BCUT2D eigenvalue weighted by Gasteiger charge is -2.28. The fourth-order valence-electron chi connectivity index (χ4n) is 14.7. The first-order valence-corrected chi connectivity index (χ1v) is 29.6. The van der Waals surface area contributed by atoms with Gasteiger partial charge in [-0.15, -0.1) is 0 Å². The molecular weight excluding hydrogens is 1050 g/mol. The summed E-state index contributed by atoms with van der Waals surface area (Å²) in [5.41, 5.74) is 23.8. The molecular formula is C80H50N4O2. The van der Waals surface area contributed by atoms with Gasteiger partial charge in [0.05, 0.1) is 44.5 Å². The summed E-state index contributed by atoms with van der Waals surface area (Å²) in [7, 11) is 0. The molecule has 0 amide bonds. The second-order valence-corrected chi connectivity index (χ2v) is 23.3. The standard InChI is InChI=1S/C80H50N4O2/c1-47-33-35-51(49-17-5-3-6-18-49)41-69(47)81(67-29-15-27-63-57-21-9-11-31-75(57)85-79(63)67)53-37-39-55-59-23-13-25-61-65-46-74-66(45-73(65)83(77(59)61)71(55)43-53)62-26-14-24-60-56-40-38-54(44-72(56)84(74)78(60)62)82(70-42-52(36-34-48(70)2)50-19-7-4-8-20-50)68-30-16-28-64-58-22-10-12-32-76(58)86-80(64)68/h3-46H,1-2H3. The van der Waals surface area contributed by atoms with Crippen LogP contribution in [0.4, 0.5) is 34.1 Å². The van der Waals surface area contributed by atoms with Crippen LogP contribution in [0.3, 0.4) is 0 Å². The van der Waals surface area contributed by atoms with Crippen molar-refractivity contribution in [1.82, 2.24) is 8.80 Å². The maximum atomic E-state index is 6.86. The number of aryl methyl sites for hydroxylation is 2. The van der Waals surface area contributed by atoms with Crippen molar-refractivity contribution in [1.29, 1.82) is 0 Å². The highest BCUT2D eigenvalue weighted by Crippen LogP contribution is 2.51. The Bertz CT molecular complexity index is 5630. The Hall–Kier alpha value is -11.3. The van der Waals surface area contributed by atoms with Gasteiger partial charge in [-0.3, -0.25) is 0 Å². The van der Waals surface area contributed by atoms with Crippen LogP contribution in [0.1, 0.15) is 11.1 Å². The van der Waals surface area contributed by atoms with Gasteiger partial charge in [-0.25, -0.2) is 0 Å². The number of furan rings is 2. The van der Waals surface area contributed by atoms with Crippen LogP contribution in [0, 0.1) is 13.8 Å². The fraction of sp³-hybridized carbons (Fsp3) is 0.0250. The molecule has 0 N–H and O–H groups in total. The van der Waals surface area contributed by atoms with Gasteiger partial charge in [-0.2, -0.15) is 0 Å². The Morgan fingerprint density at radius 2 is 0.628 bits per heavy atom. The Kier molecular flexibility index (Phi) is 9.65. The molecule has 0 bridgehead atoms. The zero-order valence-corrected chi connectivity index (χ0v) is 47.0. The zero-order chi connectivity index (χ0) is 56.5. The predicted octanol–water partition coefficient (Wildman–Crippen LogP) is 22.7. The Morgan fingerprint density at radius 1 is 0.256 bits per heavy atom. The average molecular weight is 1100 g/mol. The van der Waals surface area contributed by atoms with Crippen molar-refractivity contribution in [3.8, 4) is 22.3 Å². The molecule has 0 saturated heterocycles. The van der Waals surface area contributed by atoms with E-state index in [4.69, 9.17) is 8.83 Å². The summed E-state index contributed by atoms with van der Waals surface area (Å²) in [4.78, 5) is 4.84. The maximum Gasteiger partial charge on any atom is 0.159 e. The molecule has 0 spiro atoms. The van der Waals surface area contributed by atoms with Gasteiger partial charge in [0.1, 0.15) is 11.2 Å². The van der Waals surface area contributed by atoms with E-state index in [0.717, 1.165) is 111 Å². The molecule has 402 valence electrons. The van der Waals surface area contributed by atoms with Crippen LogP contribution in [-0.4, -0.2) is 8.80 Å². The third-order valence-electron chi connectivity index (χ3n) is 18.6. The molecule has 13 aromatic carbocycles. The van der Waals surface area contributed by atoms with Gasteiger partial charge in [0, 0.05) is 87.4 Å². The van der Waals surface area contributed by atoms with Crippen molar-refractivity contribution in [3.63, 3.8) is 0 Å². The minimum atomic E-state index is 0.854. The van der Waals surface area contributed by atoms with E-state index in [1.165, 1.54) is 76.3 Å². The summed E-state index contributed by atoms with van der Waals surface area (Å²) in [6, 6.07) is 97.6. The lowest BCUT2D eigenvalue weighted by Crippen LogP contribution is -2.12. The number of para-hydroxylation sites is 6. The summed E-state index contributed by atoms with van der Waals surface area (Å²) in [6.07, 6.45) is 0. The van der Waals surface area contributed by atoms with E-state index in [9.17, 15) is 0 Å². The molecule has 19 rings (SSSR count). The van der Waals surface area contributed by atoms with Gasteiger partial charge in [0.2, 0.25) is 0 Å². The number of aromatic nitrogens is 2. The monoisotopic (exact) mass is 1100 g/mol. The van der Waals surface area contributed by atoms with E-state index in [1.807, 2.05) is 0 Å². The molecule has 86 heavy (non-hydrogen) atoms. The quantitative estimate of drug-likeness (QED) is 0.152. The molecule has 0 aliphatic rings. The van der Waals surface area contributed by atoms with E-state index < -0.39 is 0 Å². The van der Waals surface area contributed by atoms with E-state index in [1.54, 1.807) is 0 Å². The molecule has 0 saturated carbocycles. The Morgan fingerprint density at radius 3 is 1.08 bits per heavy atom. The molecule has 0 fully saturated rings. The number of hydrogen-bond donors (Lipinski definition) is 0. The zero-order valence-electron chi connectivity index (χ0n) is 47.0. The first-order valence-electron chi connectivity index (χ1n) is 29.6. The van der Waals surface area contributed by atoms with Crippen molar-refractivity contribution in [2.45, 2.75) is 13.8 Å². The van der Waals surface area contributed by atoms with Gasteiger partial charge in [0.25, 0.3) is 0 Å². The largest absolute Gasteiger partial charge is 0.454 e. The summed E-state index contributed by atoms with van der Waals surface area (Å²) in [5.74, 6) is 0. The van der Waals surface area contributed by atoms with Crippen molar-refractivity contribution < 1.29 is 8.83 Å². The molecule has 19 aromatic rings. The van der Waals surface area contributed by atoms with Gasteiger partial charge in [0.15, 0.2) is 11.2 Å². The van der Waals surface area contributed by atoms with Gasteiger partial charge >= 0.3 is 0 Å². The normalized spacial score (nSPS) is 12.3. The molecule has 0 unspecified atom stereocenters. The van der Waals surface area contributed by atoms with Gasteiger partial charge < -0.3 is 27.4 Å². The SMILES string of the molecule is Cc1ccc(-c2ccccc2)cc1N(c1ccc2c3cccc4c5cc6c(cc5n(c2c1)c34)c1cccc2c3ccc(N(c4cc(-c5ccccc5)ccc4C)c4cccc5c4oc4ccccc45)cc3n6c21)c1cccc2c1oc1ccccc12. The molecule has 6 aromatic heterocycles. The van der Waals surface area contributed by atoms with E-state index in [2.05, 4.69) is 299 Å². The van der Waals surface area contributed by atoms with Crippen LogP contribution in [-0.2, 0) is 0 Å². The molecule has 0 radical (unpaired) electrons. The topological polar surface area (TPSA) is 41.6 Å². The fourth-order valence-corrected chi connectivity index (χ4v) is 14.7. The third kappa shape index (κ3) is 6.55. The highest BCUT2D eigenvalue weighted by molar-refractivity contribution is 6.29. The van der Waals surface area contributed by atoms with Crippen LogP contribution in [0.5, 0.6) is 0 Å². The van der Waals surface area contributed by atoms with Crippen molar-refractivity contribution in [2.75, 3.05) is 9.80 Å². The lowest BCUT2D eigenvalue weighted by atomic mass is 10.0. The smallest absolute Gasteiger partial charge is 0.159 e. The highest BCUT2D eigenvalue weighted by Gasteiger charge is 2.28. The second-order valence-electron chi connectivity index (χ2n) is 23.3. The number of rotatable bonds is 8. The first-order chi connectivity index (χ1) is 42.5. The molecule has 6 nitrogen and oxygen atoms in total.